The molecule has 1 saturated heterocycles. The SMILES string of the molecule is O=C(Cc1ccccc1)C1CC12CCN(c1ccnc3ccccc13)CC2. The van der Waals surface area contributed by atoms with Gasteiger partial charge in [0.05, 0.1) is 5.52 Å². The first-order chi connectivity index (χ1) is 13.3. The van der Waals surface area contributed by atoms with Crippen LogP contribution in [0.25, 0.3) is 10.9 Å². The number of hydrogen-bond acceptors (Lipinski definition) is 3. The molecule has 0 N–H and O–H groups in total. The number of aromatic nitrogens is 1. The van der Waals surface area contributed by atoms with Crippen molar-refractivity contribution in [3.63, 3.8) is 0 Å². The lowest BCUT2D eigenvalue weighted by Crippen LogP contribution is -2.36. The normalized spacial score (nSPS) is 20.7. The molecular formula is C24H24N2O. The highest BCUT2D eigenvalue weighted by Gasteiger charge is 2.57. The molecule has 3 aromatic rings. The maximum atomic E-state index is 12.8. The number of piperidine rings is 1. The molecule has 136 valence electrons. The average molecular weight is 356 g/mol. The van der Waals surface area contributed by atoms with E-state index in [4.69, 9.17) is 0 Å². The van der Waals surface area contributed by atoms with Crippen LogP contribution in [0.2, 0.25) is 0 Å². The minimum Gasteiger partial charge on any atom is -0.371 e. The van der Waals surface area contributed by atoms with Gasteiger partial charge in [-0.1, -0.05) is 48.5 Å². The first kappa shape index (κ1) is 16.5. The van der Waals surface area contributed by atoms with Gasteiger partial charge in [0.1, 0.15) is 5.78 Å². The topological polar surface area (TPSA) is 33.2 Å². The number of benzene rings is 2. The minimum absolute atomic E-state index is 0.269. The molecule has 3 nitrogen and oxygen atoms in total. The van der Waals surface area contributed by atoms with E-state index in [0.29, 0.717) is 12.2 Å². The van der Waals surface area contributed by atoms with E-state index >= 15 is 0 Å². The lowest BCUT2D eigenvalue weighted by molar-refractivity contribution is -0.120. The second-order valence-electron chi connectivity index (χ2n) is 8.08. The Morgan fingerprint density at radius 1 is 1.00 bits per heavy atom. The van der Waals surface area contributed by atoms with Gasteiger partial charge in [-0.05, 0) is 42.4 Å². The minimum atomic E-state index is 0.269. The molecule has 27 heavy (non-hydrogen) atoms. The van der Waals surface area contributed by atoms with Crippen LogP contribution in [0.3, 0.4) is 0 Å². The molecule has 1 saturated carbocycles. The summed E-state index contributed by atoms with van der Waals surface area (Å²) in [5, 5.41) is 1.23. The van der Waals surface area contributed by atoms with Crippen LogP contribution < -0.4 is 4.90 Å². The van der Waals surface area contributed by atoms with Crippen LogP contribution in [-0.4, -0.2) is 23.9 Å². The molecule has 1 aromatic heterocycles. The molecule has 1 aliphatic heterocycles. The third-order valence-electron chi connectivity index (χ3n) is 6.53. The van der Waals surface area contributed by atoms with E-state index in [0.717, 1.165) is 43.4 Å². The van der Waals surface area contributed by atoms with Gasteiger partial charge in [0.25, 0.3) is 0 Å². The van der Waals surface area contributed by atoms with Gasteiger partial charge in [0.15, 0.2) is 0 Å². The standard InChI is InChI=1S/C24H24N2O/c27-23(16-18-6-2-1-3-7-18)20-17-24(20)11-14-26(15-12-24)22-10-13-25-21-9-5-4-8-19(21)22/h1-10,13,20H,11-12,14-17H2. The third-order valence-corrected chi connectivity index (χ3v) is 6.53. The predicted molar refractivity (Wildman–Crippen MR) is 109 cm³/mol. The number of Topliss-reactive ketones (excluding diaryl/α,β-unsaturated/α-hetero) is 1. The molecule has 0 radical (unpaired) electrons. The summed E-state index contributed by atoms with van der Waals surface area (Å²) in [5.41, 5.74) is 3.75. The van der Waals surface area contributed by atoms with E-state index < -0.39 is 0 Å². The van der Waals surface area contributed by atoms with Crippen LogP contribution >= 0.6 is 0 Å². The number of hydrogen-bond donors (Lipinski definition) is 0. The first-order valence-electron chi connectivity index (χ1n) is 9.91. The van der Waals surface area contributed by atoms with Crippen molar-refractivity contribution in [1.29, 1.82) is 0 Å². The molecule has 1 spiro atoms. The smallest absolute Gasteiger partial charge is 0.140 e. The number of fused-ring (bicyclic) bond motifs is 1. The highest BCUT2D eigenvalue weighted by Crippen LogP contribution is 2.60. The van der Waals surface area contributed by atoms with E-state index in [-0.39, 0.29) is 11.3 Å². The number of carbonyl (C=O) groups excluding carboxylic acids is 1. The van der Waals surface area contributed by atoms with E-state index in [1.54, 1.807) is 0 Å². The van der Waals surface area contributed by atoms with Crippen molar-refractivity contribution in [3.05, 3.63) is 72.4 Å². The van der Waals surface area contributed by atoms with Crippen LogP contribution in [0.5, 0.6) is 0 Å². The van der Waals surface area contributed by atoms with Crippen molar-refractivity contribution in [1.82, 2.24) is 4.98 Å². The molecule has 0 amide bonds. The Morgan fingerprint density at radius 3 is 2.56 bits per heavy atom. The Balaban J connectivity index is 1.26. The maximum absolute atomic E-state index is 12.8. The summed E-state index contributed by atoms with van der Waals surface area (Å²) >= 11 is 0. The zero-order valence-electron chi connectivity index (χ0n) is 15.5. The van der Waals surface area contributed by atoms with Gasteiger partial charge in [0.2, 0.25) is 0 Å². The predicted octanol–water partition coefficient (Wildman–Crippen LogP) is 4.65. The molecule has 1 aliphatic carbocycles. The fraction of sp³-hybridized carbons (Fsp3) is 0.333. The molecule has 5 rings (SSSR count). The zero-order chi connectivity index (χ0) is 18.3. The summed E-state index contributed by atoms with van der Waals surface area (Å²) in [4.78, 5) is 19.7. The summed E-state index contributed by atoms with van der Waals surface area (Å²) in [6.07, 6.45) is 5.82. The van der Waals surface area contributed by atoms with Crippen molar-refractivity contribution in [3.8, 4) is 0 Å². The molecule has 2 heterocycles. The molecule has 2 fully saturated rings. The van der Waals surface area contributed by atoms with Gasteiger partial charge in [-0.15, -0.1) is 0 Å². The summed E-state index contributed by atoms with van der Waals surface area (Å²) in [7, 11) is 0. The lowest BCUT2D eigenvalue weighted by Gasteiger charge is -2.35. The Bertz CT molecular complexity index is 969. The quantitative estimate of drug-likeness (QED) is 0.682. The summed E-state index contributed by atoms with van der Waals surface area (Å²) < 4.78 is 0. The molecule has 2 aromatic carbocycles. The first-order valence-corrected chi connectivity index (χ1v) is 9.91. The second kappa shape index (κ2) is 6.49. The number of rotatable bonds is 4. The van der Waals surface area contributed by atoms with Gasteiger partial charge in [-0.2, -0.15) is 0 Å². The van der Waals surface area contributed by atoms with E-state index in [2.05, 4.69) is 46.3 Å². The number of para-hydroxylation sites is 1. The van der Waals surface area contributed by atoms with Crippen molar-refractivity contribution in [2.24, 2.45) is 11.3 Å². The number of anilines is 1. The fourth-order valence-electron chi connectivity index (χ4n) is 4.83. The Morgan fingerprint density at radius 2 is 1.74 bits per heavy atom. The largest absolute Gasteiger partial charge is 0.371 e. The molecule has 0 bridgehead atoms. The Kier molecular flexibility index (Phi) is 3.96. The van der Waals surface area contributed by atoms with Gasteiger partial charge in [-0.25, -0.2) is 0 Å². The monoisotopic (exact) mass is 356 g/mol. The van der Waals surface area contributed by atoms with Crippen molar-refractivity contribution >= 4 is 22.4 Å². The highest BCUT2D eigenvalue weighted by molar-refractivity contribution is 5.91. The summed E-state index contributed by atoms with van der Waals surface area (Å²) in [6.45, 7) is 2.06. The second-order valence-corrected chi connectivity index (χ2v) is 8.08. The summed E-state index contributed by atoms with van der Waals surface area (Å²) in [6, 6.07) is 20.6. The number of ketones is 1. The highest BCUT2D eigenvalue weighted by atomic mass is 16.1. The fourth-order valence-corrected chi connectivity index (χ4v) is 4.83. The molecule has 3 heteroatoms. The van der Waals surface area contributed by atoms with Gasteiger partial charge >= 0.3 is 0 Å². The van der Waals surface area contributed by atoms with Crippen LogP contribution in [0, 0.1) is 11.3 Å². The Labute approximate surface area is 160 Å². The number of pyridine rings is 1. The van der Waals surface area contributed by atoms with Crippen molar-refractivity contribution in [2.45, 2.75) is 25.7 Å². The van der Waals surface area contributed by atoms with Crippen LogP contribution in [0.4, 0.5) is 5.69 Å². The lowest BCUT2D eigenvalue weighted by atomic mass is 9.88. The van der Waals surface area contributed by atoms with Crippen LogP contribution in [-0.2, 0) is 11.2 Å². The number of carbonyl (C=O) groups is 1. The van der Waals surface area contributed by atoms with Gasteiger partial charge in [-0.3, -0.25) is 9.78 Å². The van der Waals surface area contributed by atoms with Crippen molar-refractivity contribution in [2.75, 3.05) is 18.0 Å². The van der Waals surface area contributed by atoms with Gasteiger partial charge < -0.3 is 4.90 Å². The van der Waals surface area contributed by atoms with Crippen LogP contribution in [0.1, 0.15) is 24.8 Å². The maximum Gasteiger partial charge on any atom is 0.140 e. The zero-order valence-corrected chi connectivity index (χ0v) is 15.5. The summed E-state index contributed by atoms with van der Waals surface area (Å²) in [5.74, 6) is 0.707. The molecular weight excluding hydrogens is 332 g/mol. The van der Waals surface area contributed by atoms with Crippen LogP contribution in [0.15, 0.2) is 66.9 Å². The average Bonchev–Trinajstić information content (AvgIpc) is 3.42. The van der Waals surface area contributed by atoms with E-state index in [1.807, 2.05) is 30.5 Å². The molecule has 1 unspecified atom stereocenters. The van der Waals surface area contributed by atoms with E-state index in [9.17, 15) is 4.79 Å². The third kappa shape index (κ3) is 3.01. The molecule has 1 atom stereocenters. The molecule has 2 aliphatic rings. The van der Waals surface area contributed by atoms with E-state index in [1.165, 1.54) is 11.1 Å². The van der Waals surface area contributed by atoms with Crippen molar-refractivity contribution < 1.29 is 4.79 Å². The number of nitrogens with zero attached hydrogens (tertiary/aromatic N) is 2. The Hall–Kier alpha value is -2.68. The van der Waals surface area contributed by atoms with Gasteiger partial charge in [0, 0.05) is 42.7 Å².